The quantitative estimate of drug-likeness (QED) is 0.481. The van der Waals surface area contributed by atoms with E-state index in [4.69, 9.17) is 23.4 Å². The predicted molar refractivity (Wildman–Crippen MR) is 161 cm³/mol. The third kappa shape index (κ3) is 4.65. The molecule has 0 aromatic carbocycles. The fourth-order valence-electron chi connectivity index (χ4n) is 10.2. The molecule has 5 fully saturated rings. The molecule has 11 heteroatoms. The Morgan fingerprint density at radius 3 is 2.61 bits per heavy atom. The van der Waals surface area contributed by atoms with Gasteiger partial charge in [0.15, 0.2) is 0 Å². The molecule has 5 heterocycles. The first-order valence-electron chi connectivity index (χ1n) is 15.9. The number of esters is 2. The van der Waals surface area contributed by atoms with Crippen LogP contribution >= 0.6 is 12.4 Å². The summed E-state index contributed by atoms with van der Waals surface area (Å²) >= 11 is 0. The summed E-state index contributed by atoms with van der Waals surface area (Å²) in [5.41, 5.74) is -0.196. The summed E-state index contributed by atoms with van der Waals surface area (Å²) < 4.78 is 29.5. The van der Waals surface area contributed by atoms with E-state index in [1.165, 1.54) is 0 Å². The lowest BCUT2D eigenvalue weighted by Crippen LogP contribution is -2.69. The van der Waals surface area contributed by atoms with Crippen LogP contribution in [0.1, 0.15) is 71.5 Å². The number of ether oxygens (including phenoxy) is 4. The van der Waals surface area contributed by atoms with E-state index in [-0.39, 0.29) is 60.7 Å². The molecule has 1 amide bonds. The summed E-state index contributed by atoms with van der Waals surface area (Å²) in [6, 6.07) is 1.62. The Bertz CT molecular complexity index is 1320. The van der Waals surface area contributed by atoms with Gasteiger partial charge in [-0.1, -0.05) is 13.8 Å². The molecule has 1 aromatic heterocycles. The Labute approximate surface area is 264 Å². The minimum Gasteiger partial charge on any atom is -0.472 e. The number of carbonyl (C=O) groups excluding carboxylic acids is 3. The number of amides is 1. The third-order valence-corrected chi connectivity index (χ3v) is 12.1. The molecule has 6 aliphatic rings. The molecule has 1 spiro atoms. The number of fused-ring (bicyclic) bond motifs is 3. The molecular weight excluding hydrogens is 588 g/mol. The van der Waals surface area contributed by atoms with Crippen molar-refractivity contribution < 1.29 is 37.7 Å². The summed E-state index contributed by atoms with van der Waals surface area (Å²) in [5.74, 6) is -0.529. The van der Waals surface area contributed by atoms with E-state index in [2.05, 4.69) is 37.9 Å². The fraction of sp³-hybridized carbons (Fsp3) is 0.727. The van der Waals surface area contributed by atoms with Gasteiger partial charge >= 0.3 is 11.9 Å². The number of morpholine rings is 1. The van der Waals surface area contributed by atoms with E-state index < -0.39 is 27.9 Å². The lowest BCUT2D eigenvalue weighted by molar-refractivity contribution is -0.194. The van der Waals surface area contributed by atoms with Gasteiger partial charge in [-0.05, 0) is 50.7 Å². The molecule has 242 valence electrons. The smallest absolute Gasteiger partial charge is 0.331 e. The van der Waals surface area contributed by atoms with E-state index in [0.29, 0.717) is 39.2 Å². The Balaban J connectivity index is 0.00000343. The van der Waals surface area contributed by atoms with Gasteiger partial charge in [0, 0.05) is 65.9 Å². The minimum atomic E-state index is -0.606. The molecule has 10 nitrogen and oxygen atoms in total. The van der Waals surface area contributed by atoms with E-state index in [9.17, 15) is 14.4 Å². The van der Waals surface area contributed by atoms with Crippen molar-refractivity contribution in [1.29, 1.82) is 0 Å². The molecule has 0 unspecified atom stereocenters. The third-order valence-electron chi connectivity index (χ3n) is 12.1. The van der Waals surface area contributed by atoms with Crippen molar-refractivity contribution in [3.8, 4) is 0 Å². The summed E-state index contributed by atoms with van der Waals surface area (Å²) in [6.07, 6.45) is 7.05. The Morgan fingerprint density at radius 1 is 1.11 bits per heavy atom. The highest BCUT2D eigenvalue weighted by Gasteiger charge is 2.75. The summed E-state index contributed by atoms with van der Waals surface area (Å²) in [7, 11) is 0. The molecule has 3 saturated heterocycles. The first-order valence-corrected chi connectivity index (χ1v) is 15.9. The Morgan fingerprint density at radius 2 is 1.89 bits per heavy atom. The number of cyclic esters (lactones) is 2. The van der Waals surface area contributed by atoms with Crippen LogP contribution in [0.5, 0.6) is 0 Å². The van der Waals surface area contributed by atoms with Crippen molar-refractivity contribution in [2.75, 3.05) is 39.5 Å². The molecule has 8 atom stereocenters. The number of rotatable bonds is 5. The fourth-order valence-corrected chi connectivity index (χ4v) is 10.2. The molecule has 7 rings (SSSR count). The Hall–Kier alpha value is -2.40. The van der Waals surface area contributed by atoms with Gasteiger partial charge in [-0.25, -0.2) is 4.79 Å². The van der Waals surface area contributed by atoms with E-state index >= 15 is 0 Å². The van der Waals surface area contributed by atoms with Crippen LogP contribution in [0.2, 0.25) is 0 Å². The van der Waals surface area contributed by atoms with Gasteiger partial charge in [-0.15, -0.1) is 12.4 Å². The lowest BCUT2D eigenvalue weighted by Gasteiger charge is -2.66. The molecular formula is C33H45ClN2O8. The molecule has 0 bridgehead atoms. The van der Waals surface area contributed by atoms with Gasteiger partial charge < -0.3 is 28.7 Å². The highest BCUT2D eigenvalue weighted by atomic mass is 35.5. The maximum absolute atomic E-state index is 13.7. The first-order chi connectivity index (χ1) is 20.5. The standard InChI is InChI=1S/C33H44N2O8.ClH/c1-30(2)22-15-24(34-26(36)6-9-35-10-13-39-14-11-35)32(4)21(33(22)19-41-27(37)17-25(33)43-30)5-8-31(3)23(32)16-28(38)42-29(31)20-7-12-40-18-20;/h7,12,16,18,21-22,24-25,29H,5-6,8-11,13-15,17,19H2,1-4H3,(H,34,36);1H/t21-,22-,24-,25-,29-,31+,32+,33+;/m0./s1. The van der Waals surface area contributed by atoms with Gasteiger partial charge in [0.2, 0.25) is 5.91 Å². The number of halogens is 1. The number of furan rings is 1. The van der Waals surface area contributed by atoms with Crippen LogP contribution in [0.3, 0.4) is 0 Å². The van der Waals surface area contributed by atoms with E-state index in [1.807, 2.05) is 6.07 Å². The van der Waals surface area contributed by atoms with Crippen LogP contribution < -0.4 is 5.32 Å². The van der Waals surface area contributed by atoms with Crippen LogP contribution in [0.25, 0.3) is 0 Å². The van der Waals surface area contributed by atoms with Crippen LogP contribution in [-0.4, -0.2) is 79.9 Å². The topological polar surface area (TPSA) is 117 Å². The maximum atomic E-state index is 13.7. The van der Waals surface area contributed by atoms with Crippen molar-refractivity contribution in [3.63, 3.8) is 0 Å². The van der Waals surface area contributed by atoms with Crippen molar-refractivity contribution in [3.05, 3.63) is 35.8 Å². The minimum absolute atomic E-state index is 0. The van der Waals surface area contributed by atoms with Crippen LogP contribution in [-0.2, 0) is 33.3 Å². The maximum Gasteiger partial charge on any atom is 0.331 e. The van der Waals surface area contributed by atoms with Crippen molar-refractivity contribution >= 4 is 30.3 Å². The monoisotopic (exact) mass is 632 g/mol. The second-order valence-electron chi connectivity index (χ2n) is 14.5. The van der Waals surface area contributed by atoms with Gasteiger partial charge in [0.1, 0.15) is 12.7 Å². The largest absolute Gasteiger partial charge is 0.472 e. The van der Waals surface area contributed by atoms with Crippen molar-refractivity contribution in [2.24, 2.45) is 28.1 Å². The van der Waals surface area contributed by atoms with Gasteiger partial charge in [0.25, 0.3) is 0 Å². The molecule has 2 aliphatic carbocycles. The average molecular weight is 633 g/mol. The van der Waals surface area contributed by atoms with Crippen molar-refractivity contribution in [1.82, 2.24) is 10.2 Å². The zero-order chi connectivity index (χ0) is 30.2. The number of hydrogen-bond acceptors (Lipinski definition) is 9. The van der Waals surface area contributed by atoms with Crippen LogP contribution in [0.4, 0.5) is 0 Å². The van der Waals surface area contributed by atoms with Gasteiger partial charge in [-0.3, -0.25) is 14.5 Å². The molecule has 0 radical (unpaired) electrons. The highest BCUT2D eigenvalue weighted by Crippen LogP contribution is 2.73. The molecule has 1 aromatic rings. The molecule has 1 N–H and O–H groups in total. The highest BCUT2D eigenvalue weighted by molar-refractivity contribution is 5.86. The molecule has 2 saturated carbocycles. The zero-order valence-electron chi connectivity index (χ0n) is 26.1. The lowest BCUT2D eigenvalue weighted by atomic mass is 9.38. The number of nitrogens with zero attached hydrogens (tertiary/aromatic N) is 1. The van der Waals surface area contributed by atoms with Crippen LogP contribution in [0.15, 0.2) is 34.7 Å². The molecule has 44 heavy (non-hydrogen) atoms. The second-order valence-corrected chi connectivity index (χ2v) is 14.5. The summed E-state index contributed by atoms with van der Waals surface area (Å²) in [4.78, 5) is 41.9. The van der Waals surface area contributed by atoms with Crippen molar-refractivity contribution in [2.45, 2.75) is 83.6 Å². The zero-order valence-corrected chi connectivity index (χ0v) is 26.9. The van der Waals surface area contributed by atoms with Crippen LogP contribution in [0, 0.1) is 28.1 Å². The first kappa shape index (κ1) is 31.6. The van der Waals surface area contributed by atoms with Gasteiger partial charge in [-0.2, -0.15) is 0 Å². The number of hydrogen-bond donors (Lipinski definition) is 1. The summed E-state index contributed by atoms with van der Waals surface area (Å²) in [5, 5.41) is 3.49. The van der Waals surface area contributed by atoms with Gasteiger partial charge in [0.05, 0.1) is 43.9 Å². The number of carbonyl (C=O) groups is 3. The SMILES string of the molecule is CC1(C)O[C@H]2CC(=O)OC[C@@]23[C@H]1C[C@H](NC(=O)CCN1CCOCC1)[C@@]1(C)C2=CC(=O)O[C@@H](c4ccoc4)[C@]2(C)CC[C@@H]13.Cl. The average Bonchev–Trinajstić information content (AvgIpc) is 3.57. The second kappa shape index (κ2) is 11.1. The number of nitrogens with one attached hydrogen (secondary N) is 1. The Kier molecular flexibility index (Phi) is 7.99. The van der Waals surface area contributed by atoms with E-state index in [0.717, 1.165) is 37.1 Å². The summed E-state index contributed by atoms with van der Waals surface area (Å²) in [6.45, 7) is 12.6. The van der Waals surface area contributed by atoms with E-state index in [1.54, 1.807) is 18.6 Å². The molecule has 4 aliphatic heterocycles. The predicted octanol–water partition coefficient (Wildman–Crippen LogP) is 3.99. The normalized spacial score (nSPS) is 41.0.